The summed E-state index contributed by atoms with van der Waals surface area (Å²) < 4.78 is 0. The Morgan fingerprint density at radius 3 is 2.86 bits per heavy atom. The van der Waals surface area contributed by atoms with Crippen LogP contribution in [-0.4, -0.2) is 33.6 Å². The molecule has 3 rings (SSSR count). The van der Waals surface area contributed by atoms with Crippen molar-refractivity contribution in [3.05, 3.63) is 42.6 Å². The van der Waals surface area contributed by atoms with E-state index in [0.29, 0.717) is 24.7 Å². The minimum Gasteiger partial charge on any atom is -0.480 e. The summed E-state index contributed by atoms with van der Waals surface area (Å²) in [4.78, 5) is 21.6. The van der Waals surface area contributed by atoms with E-state index in [2.05, 4.69) is 15.3 Å². The number of para-hydroxylation sites is 1. The second-order valence-corrected chi connectivity index (χ2v) is 4.92. The van der Waals surface area contributed by atoms with Gasteiger partial charge in [-0.25, -0.2) is 9.78 Å². The maximum Gasteiger partial charge on any atom is 0.326 e. The predicted octanol–water partition coefficient (Wildman–Crippen LogP) is 2.27. The minimum atomic E-state index is -0.822. The molecule has 2 aromatic rings. The second kappa shape index (κ2) is 5.78. The first kappa shape index (κ1) is 13.4. The molecule has 0 bridgehead atoms. The van der Waals surface area contributed by atoms with E-state index in [-0.39, 0.29) is 0 Å². The summed E-state index contributed by atoms with van der Waals surface area (Å²) in [6, 6.07) is 10.9. The topological polar surface area (TPSA) is 78.3 Å². The van der Waals surface area contributed by atoms with Crippen LogP contribution in [-0.2, 0) is 4.79 Å². The van der Waals surface area contributed by atoms with Crippen molar-refractivity contribution >= 4 is 23.4 Å². The van der Waals surface area contributed by atoms with Crippen LogP contribution in [0, 0.1) is 0 Å². The Balaban J connectivity index is 1.81. The molecule has 1 fully saturated rings. The van der Waals surface area contributed by atoms with Crippen molar-refractivity contribution in [1.29, 1.82) is 0 Å². The molecule has 1 aliphatic heterocycles. The van der Waals surface area contributed by atoms with Gasteiger partial charge in [0.1, 0.15) is 11.9 Å². The number of nitrogens with zero attached hydrogens (tertiary/aromatic N) is 3. The molecule has 6 heteroatoms. The fraction of sp³-hybridized carbons (Fsp3) is 0.267. The molecular formula is C15H16N4O2. The summed E-state index contributed by atoms with van der Waals surface area (Å²) in [5.41, 5.74) is 0.929. The summed E-state index contributed by atoms with van der Waals surface area (Å²) in [6.07, 6.45) is 3.12. The number of benzene rings is 1. The van der Waals surface area contributed by atoms with Crippen LogP contribution in [0.25, 0.3) is 0 Å². The van der Waals surface area contributed by atoms with Crippen LogP contribution in [0.5, 0.6) is 0 Å². The van der Waals surface area contributed by atoms with E-state index in [1.54, 1.807) is 17.2 Å². The molecule has 21 heavy (non-hydrogen) atoms. The number of carboxylic acid groups (broad SMARTS) is 1. The lowest BCUT2D eigenvalue weighted by Crippen LogP contribution is -2.37. The van der Waals surface area contributed by atoms with Crippen molar-refractivity contribution in [3.8, 4) is 0 Å². The number of hydrogen-bond acceptors (Lipinski definition) is 5. The molecule has 1 saturated heterocycles. The molecule has 1 aliphatic rings. The highest BCUT2D eigenvalue weighted by atomic mass is 16.4. The molecule has 1 atom stereocenters. The van der Waals surface area contributed by atoms with Gasteiger partial charge in [0, 0.05) is 18.4 Å². The number of carboxylic acids is 1. The Hall–Kier alpha value is -2.63. The molecule has 0 spiro atoms. The van der Waals surface area contributed by atoms with E-state index in [1.807, 2.05) is 30.3 Å². The van der Waals surface area contributed by atoms with Crippen molar-refractivity contribution in [1.82, 2.24) is 9.97 Å². The molecule has 1 aromatic carbocycles. The maximum atomic E-state index is 11.2. The zero-order valence-electron chi connectivity index (χ0n) is 11.4. The second-order valence-electron chi connectivity index (χ2n) is 4.92. The van der Waals surface area contributed by atoms with E-state index in [1.165, 1.54) is 0 Å². The van der Waals surface area contributed by atoms with Crippen LogP contribution in [0.15, 0.2) is 42.6 Å². The number of rotatable bonds is 4. The first-order chi connectivity index (χ1) is 10.2. The fourth-order valence-corrected chi connectivity index (χ4v) is 2.49. The SMILES string of the molecule is O=C(O)[C@@H]1CCCN1c1nccc(Nc2ccccc2)n1. The van der Waals surface area contributed by atoms with Crippen molar-refractivity contribution < 1.29 is 9.90 Å². The van der Waals surface area contributed by atoms with Crippen molar-refractivity contribution in [2.75, 3.05) is 16.8 Å². The van der Waals surface area contributed by atoms with Gasteiger partial charge in [0.05, 0.1) is 0 Å². The molecule has 1 aromatic heterocycles. The predicted molar refractivity (Wildman–Crippen MR) is 79.8 cm³/mol. The maximum absolute atomic E-state index is 11.2. The lowest BCUT2D eigenvalue weighted by Gasteiger charge is -2.21. The third kappa shape index (κ3) is 2.94. The lowest BCUT2D eigenvalue weighted by atomic mass is 10.2. The number of anilines is 3. The Morgan fingerprint density at radius 2 is 2.10 bits per heavy atom. The highest BCUT2D eigenvalue weighted by Crippen LogP contribution is 2.24. The molecule has 2 heterocycles. The molecule has 6 nitrogen and oxygen atoms in total. The largest absolute Gasteiger partial charge is 0.480 e. The van der Waals surface area contributed by atoms with Crippen LogP contribution >= 0.6 is 0 Å². The van der Waals surface area contributed by atoms with Crippen LogP contribution < -0.4 is 10.2 Å². The van der Waals surface area contributed by atoms with Gasteiger partial charge in [0.2, 0.25) is 5.95 Å². The number of carbonyl (C=O) groups is 1. The van der Waals surface area contributed by atoms with Gasteiger partial charge in [-0.15, -0.1) is 0 Å². The highest BCUT2D eigenvalue weighted by molar-refractivity contribution is 5.78. The van der Waals surface area contributed by atoms with E-state index in [4.69, 9.17) is 0 Å². The van der Waals surface area contributed by atoms with E-state index in [0.717, 1.165) is 12.1 Å². The number of aromatic nitrogens is 2. The zero-order valence-corrected chi connectivity index (χ0v) is 11.4. The molecular weight excluding hydrogens is 268 g/mol. The number of aliphatic carboxylic acids is 1. The van der Waals surface area contributed by atoms with Gasteiger partial charge >= 0.3 is 5.97 Å². The summed E-state index contributed by atoms with van der Waals surface area (Å²) >= 11 is 0. The zero-order chi connectivity index (χ0) is 14.7. The average molecular weight is 284 g/mol. The standard InChI is InChI=1S/C15H16N4O2/c20-14(21)12-7-4-10-19(12)15-16-9-8-13(18-15)17-11-5-2-1-3-6-11/h1-3,5-6,8-9,12H,4,7,10H2,(H,20,21)(H,16,17,18)/t12-/m0/s1. The van der Waals surface area contributed by atoms with E-state index < -0.39 is 12.0 Å². The first-order valence-electron chi connectivity index (χ1n) is 6.88. The smallest absolute Gasteiger partial charge is 0.326 e. The van der Waals surface area contributed by atoms with Crippen molar-refractivity contribution in [2.24, 2.45) is 0 Å². The Kier molecular flexibility index (Phi) is 3.68. The number of nitrogens with one attached hydrogen (secondary N) is 1. The first-order valence-corrected chi connectivity index (χ1v) is 6.88. The average Bonchev–Trinajstić information content (AvgIpc) is 2.98. The molecule has 0 radical (unpaired) electrons. The summed E-state index contributed by atoms with van der Waals surface area (Å²) in [7, 11) is 0. The Labute approximate surface area is 122 Å². The Bertz CT molecular complexity index is 633. The Morgan fingerprint density at radius 1 is 1.29 bits per heavy atom. The molecule has 0 aliphatic carbocycles. The molecule has 108 valence electrons. The van der Waals surface area contributed by atoms with E-state index in [9.17, 15) is 9.90 Å². The molecule has 0 saturated carbocycles. The van der Waals surface area contributed by atoms with Gasteiger partial charge in [-0.1, -0.05) is 18.2 Å². The van der Waals surface area contributed by atoms with Crippen LogP contribution in [0.1, 0.15) is 12.8 Å². The monoisotopic (exact) mass is 284 g/mol. The van der Waals surface area contributed by atoms with Gasteiger partial charge in [-0.3, -0.25) is 0 Å². The fourth-order valence-electron chi connectivity index (χ4n) is 2.49. The summed E-state index contributed by atoms with van der Waals surface area (Å²) in [6.45, 7) is 0.672. The minimum absolute atomic E-state index is 0.459. The van der Waals surface area contributed by atoms with Crippen LogP contribution in [0.2, 0.25) is 0 Å². The third-order valence-corrected chi connectivity index (χ3v) is 3.48. The summed E-state index contributed by atoms with van der Waals surface area (Å²) in [5.74, 6) is 0.292. The van der Waals surface area contributed by atoms with Gasteiger partial charge in [0.15, 0.2) is 0 Å². The third-order valence-electron chi connectivity index (χ3n) is 3.48. The van der Waals surface area contributed by atoms with Gasteiger partial charge < -0.3 is 15.3 Å². The highest BCUT2D eigenvalue weighted by Gasteiger charge is 2.32. The van der Waals surface area contributed by atoms with Crippen LogP contribution in [0.4, 0.5) is 17.5 Å². The summed E-state index contributed by atoms with van der Waals surface area (Å²) in [5, 5.41) is 12.4. The quantitative estimate of drug-likeness (QED) is 0.896. The van der Waals surface area contributed by atoms with Crippen molar-refractivity contribution in [3.63, 3.8) is 0 Å². The van der Waals surface area contributed by atoms with Crippen molar-refractivity contribution in [2.45, 2.75) is 18.9 Å². The van der Waals surface area contributed by atoms with Gasteiger partial charge in [0.25, 0.3) is 0 Å². The lowest BCUT2D eigenvalue weighted by molar-refractivity contribution is -0.138. The normalized spacial score (nSPS) is 17.7. The van der Waals surface area contributed by atoms with Crippen LogP contribution in [0.3, 0.4) is 0 Å². The van der Waals surface area contributed by atoms with Gasteiger partial charge in [-0.05, 0) is 31.0 Å². The molecule has 0 unspecified atom stereocenters. The van der Waals surface area contributed by atoms with Gasteiger partial charge in [-0.2, -0.15) is 4.98 Å². The molecule has 0 amide bonds. The van der Waals surface area contributed by atoms with E-state index >= 15 is 0 Å². The molecule has 2 N–H and O–H groups in total. The number of hydrogen-bond donors (Lipinski definition) is 2.